The second-order valence-electron chi connectivity index (χ2n) is 13.8. The zero-order valence-electron chi connectivity index (χ0n) is 23.4. The summed E-state index contributed by atoms with van der Waals surface area (Å²) in [4.78, 5) is 11.8. The van der Waals surface area contributed by atoms with Gasteiger partial charge in [-0.3, -0.25) is 0 Å². The number of hydrogen-bond donors (Lipinski definition) is 3. The quantitative estimate of drug-likeness (QED) is 0.372. The first-order valence-electron chi connectivity index (χ1n) is 14.8. The van der Waals surface area contributed by atoms with E-state index in [0.29, 0.717) is 25.9 Å². The van der Waals surface area contributed by atoms with E-state index in [1.54, 1.807) is 13.2 Å². The van der Waals surface area contributed by atoms with Crippen LogP contribution in [-0.4, -0.2) is 76.9 Å². The fraction of sp³-hybridized carbons (Fsp3) is 0.900. The van der Waals surface area contributed by atoms with Crippen molar-refractivity contribution >= 4 is 5.97 Å². The highest BCUT2D eigenvalue weighted by molar-refractivity contribution is 5.85. The van der Waals surface area contributed by atoms with E-state index in [0.717, 1.165) is 50.5 Å². The molecule has 38 heavy (non-hydrogen) atoms. The lowest BCUT2D eigenvalue weighted by molar-refractivity contribution is -0.291. The van der Waals surface area contributed by atoms with Crippen molar-refractivity contribution in [1.82, 2.24) is 0 Å². The van der Waals surface area contributed by atoms with Gasteiger partial charge in [0.15, 0.2) is 6.29 Å². The topological polar surface area (TPSA) is 115 Å². The number of aliphatic hydroxyl groups excluding tert-OH is 1. The molecule has 3 N–H and O–H groups in total. The Kier molecular flexibility index (Phi) is 6.61. The molecule has 0 amide bonds. The molecule has 0 aromatic rings. The zero-order valence-corrected chi connectivity index (χ0v) is 23.4. The highest BCUT2D eigenvalue weighted by atomic mass is 16.7. The second-order valence-corrected chi connectivity index (χ2v) is 13.8. The molecule has 0 aromatic carbocycles. The molecule has 0 aromatic heterocycles. The van der Waals surface area contributed by atoms with Crippen LogP contribution in [-0.2, 0) is 23.7 Å². The number of ether oxygens (including phenoxy) is 4. The molecule has 6 rings (SSSR count). The first-order chi connectivity index (χ1) is 17.9. The summed E-state index contributed by atoms with van der Waals surface area (Å²) in [7, 11) is 1.60. The highest BCUT2D eigenvalue weighted by Gasteiger charge is 2.70. The lowest BCUT2D eigenvalue weighted by Gasteiger charge is -2.66. The van der Waals surface area contributed by atoms with Gasteiger partial charge in [-0.25, -0.2) is 4.79 Å². The average Bonchev–Trinajstić information content (AvgIpc) is 3.41. The van der Waals surface area contributed by atoms with Crippen molar-refractivity contribution in [1.29, 1.82) is 0 Å². The molecule has 0 bridgehead atoms. The third kappa shape index (κ3) is 3.81. The van der Waals surface area contributed by atoms with Gasteiger partial charge in [-0.1, -0.05) is 13.8 Å². The van der Waals surface area contributed by atoms with Crippen molar-refractivity contribution in [3.8, 4) is 0 Å². The van der Waals surface area contributed by atoms with Crippen LogP contribution in [0.1, 0.15) is 85.0 Å². The standard InChI is InChI=1S/C30H46O8/c1-17-26(32)23(35-4)14-25(37-17)38-19-5-9-27(2)21-6-10-28(3)20(18-13-24(31)36-16-18)8-12-30(28,34)22(21)7-11-29(27,33)15-19/h13,17,19-23,25-26,32-34H,5-12,14-16H2,1-4H3/t17-,19+,20?,21?,22?,23-,25+,26+,27-,28-,29+,30+/m1/s1. The van der Waals surface area contributed by atoms with Gasteiger partial charge in [0.25, 0.3) is 0 Å². The van der Waals surface area contributed by atoms with E-state index in [1.165, 1.54) is 0 Å². The number of methoxy groups -OCH3 is 1. The molecule has 6 aliphatic rings. The van der Waals surface area contributed by atoms with Crippen molar-refractivity contribution in [3.63, 3.8) is 0 Å². The number of fused-ring (bicyclic) bond motifs is 5. The van der Waals surface area contributed by atoms with E-state index in [4.69, 9.17) is 18.9 Å². The van der Waals surface area contributed by atoms with Gasteiger partial charge in [0.2, 0.25) is 0 Å². The van der Waals surface area contributed by atoms with Gasteiger partial charge in [0.1, 0.15) is 12.7 Å². The van der Waals surface area contributed by atoms with E-state index in [-0.39, 0.29) is 52.9 Å². The number of hydrogen-bond acceptors (Lipinski definition) is 8. The van der Waals surface area contributed by atoms with Crippen molar-refractivity contribution in [3.05, 3.63) is 11.6 Å². The Hall–Kier alpha value is -1.03. The summed E-state index contributed by atoms with van der Waals surface area (Å²) in [5.41, 5.74) is -1.17. The molecule has 2 aliphatic heterocycles. The molecule has 3 unspecified atom stereocenters. The van der Waals surface area contributed by atoms with Crippen LogP contribution in [0.25, 0.3) is 0 Å². The zero-order chi connectivity index (χ0) is 27.1. The van der Waals surface area contributed by atoms with Gasteiger partial charge in [-0.15, -0.1) is 0 Å². The number of esters is 1. The van der Waals surface area contributed by atoms with Gasteiger partial charge < -0.3 is 34.3 Å². The molecule has 12 atom stereocenters. The van der Waals surface area contributed by atoms with Crippen molar-refractivity contribution < 1.29 is 39.1 Å². The predicted molar refractivity (Wildman–Crippen MR) is 138 cm³/mol. The molecule has 4 aliphatic carbocycles. The molecular formula is C30H46O8. The minimum absolute atomic E-state index is 0.116. The average molecular weight is 535 g/mol. The fourth-order valence-electron chi connectivity index (χ4n) is 10.0. The van der Waals surface area contributed by atoms with Gasteiger partial charge in [0.05, 0.1) is 29.5 Å². The normalized spacial score (nSPS) is 54.5. The van der Waals surface area contributed by atoms with E-state index in [9.17, 15) is 20.1 Å². The Morgan fingerprint density at radius 3 is 2.45 bits per heavy atom. The molecule has 1 saturated heterocycles. The first-order valence-corrected chi connectivity index (χ1v) is 14.8. The van der Waals surface area contributed by atoms with Crippen LogP contribution < -0.4 is 0 Å². The van der Waals surface area contributed by atoms with Crippen LogP contribution in [0.15, 0.2) is 11.6 Å². The first kappa shape index (κ1) is 27.2. The molecule has 8 nitrogen and oxygen atoms in total. The third-order valence-corrected chi connectivity index (χ3v) is 12.4. The predicted octanol–water partition coefficient (Wildman–Crippen LogP) is 3.25. The Labute approximate surface area is 226 Å². The van der Waals surface area contributed by atoms with E-state index >= 15 is 0 Å². The minimum atomic E-state index is -0.853. The molecule has 4 saturated carbocycles. The maximum atomic E-state index is 12.4. The Bertz CT molecular complexity index is 983. The summed E-state index contributed by atoms with van der Waals surface area (Å²) in [6.07, 6.45) is 7.36. The fourth-order valence-corrected chi connectivity index (χ4v) is 10.0. The summed E-state index contributed by atoms with van der Waals surface area (Å²) < 4.78 is 23.0. The maximum Gasteiger partial charge on any atom is 0.331 e. The van der Waals surface area contributed by atoms with Gasteiger partial charge >= 0.3 is 5.97 Å². The molecular weight excluding hydrogens is 488 g/mol. The van der Waals surface area contributed by atoms with E-state index in [2.05, 4.69) is 13.8 Å². The van der Waals surface area contributed by atoms with Gasteiger partial charge in [-0.2, -0.15) is 0 Å². The third-order valence-electron chi connectivity index (χ3n) is 12.4. The summed E-state index contributed by atoms with van der Waals surface area (Å²) in [6, 6.07) is 0. The van der Waals surface area contributed by atoms with Crippen molar-refractivity contribution in [2.45, 2.75) is 127 Å². The molecule has 2 heterocycles. The summed E-state index contributed by atoms with van der Waals surface area (Å²) in [6.45, 7) is 6.67. The van der Waals surface area contributed by atoms with E-state index < -0.39 is 23.6 Å². The lowest BCUT2D eigenvalue weighted by atomic mass is 9.42. The van der Waals surface area contributed by atoms with Crippen LogP contribution in [0, 0.1) is 28.6 Å². The molecule has 214 valence electrons. The van der Waals surface area contributed by atoms with Crippen molar-refractivity contribution in [2.75, 3.05) is 13.7 Å². The molecule has 5 fully saturated rings. The van der Waals surface area contributed by atoms with Crippen LogP contribution in [0.5, 0.6) is 0 Å². The summed E-state index contributed by atoms with van der Waals surface area (Å²) >= 11 is 0. The molecule has 0 radical (unpaired) electrons. The van der Waals surface area contributed by atoms with Gasteiger partial charge in [0, 0.05) is 31.4 Å². The Balaban J connectivity index is 1.18. The Morgan fingerprint density at radius 1 is 1.00 bits per heavy atom. The second kappa shape index (κ2) is 9.25. The molecule has 8 heteroatoms. The lowest BCUT2D eigenvalue weighted by Crippen LogP contribution is -2.67. The SMILES string of the molecule is CO[C@@H]1C[C@H](O[C@H]2CC[C@]3(C)C4CC[C@]5(C)C(C6=CC(=O)OC6)CC[C@]5(O)C4CC[C@]3(O)C2)O[C@H](C)[C@@H]1O. The van der Waals surface area contributed by atoms with Crippen molar-refractivity contribution in [2.24, 2.45) is 28.6 Å². The number of carbonyl (C=O) groups excluding carboxylic acids is 1. The minimum Gasteiger partial charge on any atom is -0.458 e. The summed E-state index contributed by atoms with van der Waals surface area (Å²) in [5, 5.41) is 34.9. The molecule has 0 spiro atoms. The van der Waals surface area contributed by atoms with Gasteiger partial charge in [-0.05, 0) is 87.0 Å². The van der Waals surface area contributed by atoms with Crippen LogP contribution in [0.4, 0.5) is 0 Å². The monoisotopic (exact) mass is 534 g/mol. The van der Waals surface area contributed by atoms with Crippen LogP contribution in [0.2, 0.25) is 0 Å². The number of carbonyl (C=O) groups is 1. The Morgan fingerprint density at radius 2 is 1.74 bits per heavy atom. The number of rotatable bonds is 4. The largest absolute Gasteiger partial charge is 0.458 e. The van der Waals surface area contributed by atoms with Crippen LogP contribution >= 0.6 is 0 Å². The number of cyclic esters (lactones) is 1. The summed E-state index contributed by atoms with van der Waals surface area (Å²) in [5.74, 6) is 0.293. The number of aliphatic hydroxyl groups is 3. The smallest absolute Gasteiger partial charge is 0.331 e. The highest BCUT2D eigenvalue weighted by Crippen LogP contribution is 2.70. The maximum absolute atomic E-state index is 12.4. The van der Waals surface area contributed by atoms with Crippen LogP contribution in [0.3, 0.4) is 0 Å². The van der Waals surface area contributed by atoms with E-state index in [1.807, 2.05) is 6.92 Å².